The van der Waals surface area contributed by atoms with Crippen molar-refractivity contribution in [3.05, 3.63) is 0 Å². The van der Waals surface area contributed by atoms with Gasteiger partial charge in [-0.2, -0.15) is 0 Å². The lowest BCUT2D eigenvalue weighted by Crippen LogP contribution is -2.34. The molecule has 0 heterocycles. The number of carbonyl (C=O) groups is 1. The molecule has 0 aromatic rings. The normalized spacial score (nSPS) is 14.5. The van der Waals surface area contributed by atoms with Crippen LogP contribution in [0.25, 0.3) is 0 Å². The maximum absolute atomic E-state index is 10.0. The molecule has 92 valence electrons. The molecule has 0 saturated carbocycles. The zero-order chi connectivity index (χ0) is 12.6. The Hall–Kier alpha value is -0.650. The molecule has 5 nitrogen and oxygen atoms in total. The number of rotatable bonds is 4. The highest BCUT2D eigenvalue weighted by molar-refractivity contribution is 5.73. The molecular weight excluding hydrogens is 196 g/mol. The summed E-state index contributed by atoms with van der Waals surface area (Å²) in [6, 6.07) is -0.755. The van der Waals surface area contributed by atoms with E-state index < -0.39 is 12.0 Å². The van der Waals surface area contributed by atoms with E-state index in [1.165, 1.54) is 0 Å². The zero-order valence-corrected chi connectivity index (χ0v) is 9.97. The van der Waals surface area contributed by atoms with Gasteiger partial charge < -0.3 is 21.7 Å². The standard InChI is InChI=1S/C5H11NO2.C5H13NO/c1-3(2)4(6)5(7)8;1-4(2)5(6)3-7/h3-4H,6H2,1-2H3,(H,7,8);4-5,7H,3,6H2,1-2H3/t4-;5-/m01/s1. The zero-order valence-electron chi connectivity index (χ0n) is 9.97. The molecule has 0 radical (unpaired) electrons. The molecule has 0 spiro atoms. The minimum absolute atomic E-state index is 0.0208. The summed E-state index contributed by atoms with van der Waals surface area (Å²) in [5, 5.41) is 16.6. The fourth-order valence-electron chi connectivity index (χ4n) is 0.496. The number of hydrogen-bond donors (Lipinski definition) is 4. The summed E-state index contributed by atoms with van der Waals surface area (Å²) in [5.41, 5.74) is 10.5. The summed E-state index contributed by atoms with van der Waals surface area (Å²) >= 11 is 0. The molecule has 0 bridgehead atoms. The summed E-state index contributed by atoms with van der Waals surface area (Å²) in [4.78, 5) is 10.0. The van der Waals surface area contributed by atoms with Crippen LogP contribution in [0.15, 0.2) is 0 Å². The Balaban J connectivity index is 0. The van der Waals surface area contributed by atoms with Gasteiger partial charge in [-0.1, -0.05) is 27.7 Å². The molecule has 6 N–H and O–H groups in total. The molecule has 15 heavy (non-hydrogen) atoms. The van der Waals surface area contributed by atoms with Gasteiger partial charge in [-0.05, 0) is 11.8 Å². The summed E-state index contributed by atoms with van der Waals surface area (Å²) in [5.74, 6) is -0.516. The van der Waals surface area contributed by atoms with Crippen LogP contribution in [-0.4, -0.2) is 34.9 Å². The van der Waals surface area contributed by atoms with Gasteiger partial charge in [-0.15, -0.1) is 0 Å². The number of carboxylic acid groups (broad SMARTS) is 1. The molecule has 0 fully saturated rings. The second-order valence-corrected chi connectivity index (χ2v) is 4.20. The maximum Gasteiger partial charge on any atom is 0.320 e. The third-order valence-electron chi connectivity index (χ3n) is 2.07. The van der Waals surface area contributed by atoms with Crippen molar-refractivity contribution in [1.29, 1.82) is 0 Å². The van der Waals surface area contributed by atoms with Crippen LogP contribution >= 0.6 is 0 Å². The number of aliphatic hydroxyl groups is 1. The molecule has 0 aromatic heterocycles. The first-order chi connectivity index (χ1) is 6.73. The van der Waals surface area contributed by atoms with Crippen LogP contribution in [0.2, 0.25) is 0 Å². The van der Waals surface area contributed by atoms with Gasteiger partial charge in [0, 0.05) is 6.04 Å². The maximum atomic E-state index is 10.0. The molecule has 0 aromatic carbocycles. The Morgan fingerprint density at radius 3 is 1.53 bits per heavy atom. The van der Waals surface area contributed by atoms with Crippen LogP contribution in [0.4, 0.5) is 0 Å². The van der Waals surface area contributed by atoms with E-state index >= 15 is 0 Å². The Morgan fingerprint density at radius 1 is 1.13 bits per heavy atom. The van der Waals surface area contributed by atoms with Gasteiger partial charge in [0.1, 0.15) is 6.04 Å². The molecule has 0 aliphatic heterocycles. The van der Waals surface area contributed by atoms with Crippen molar-refractivity contribution in [3.8, 4) is 0 Å². The minimum Gasteiger partial charge on any atom is -0.480 e. The molecule has 0 aliphatic carbocycles. The SMILES string of the molecule is CC(C)[C@H](N)C(=O)O.CC(C)[C@H](N)CO. The van der Waals surface area contributed by atoms with Crippen molar-refractivity contribution < 1.29 is 15.0 Å². The third kappa shape index (κ3) is 9.65. The van der Waals surface area contributed by atoms with Gasteiger partial charge in [-0.3, -0.25) is 4.79 Å². The molecule has 5 heteroatoms. The quantitative estimate of drug-likeness (QED) is 0.534. The third-order valence-corrected chi connectivity index (χ3v) is 2.07. The van der Waals surface area contributed by atoms with Crippen molar-refractivity contribution in [2.45, 2.75) is 39.8 Å². The smallest absolute Gasteiger partial charge is 0.320 e. The molecular formula is C10H24N2O3. The second kappa shape index (κ2) is 8.64. The van der Waals surface area contributed by atoms with Crippen LogP contribution in [0.5, 0.6) is 0 Å². The van der Waals surface area contributed by atoms with Crippen molar-refractivity contribution in [2.75, 3.05) is 6.61 Å². The van der Waals surface area contributed by atoms with E-state index in [0.717, 1.165) is 0 Å². The molecule has 0 rings (SSSR count). The van der Waals surface area contributed by atoms with Gasteiger partial charge in [0.15, 0.2) is 0 Å². The lowest BCUT2D eigenvalue weighted by atomic mass is 10.1. The molecule has 0 amide bonds. The predicted molar refractivity (Wildman–Crippen MR) is 60.3 cm³/mol. The average Bonchev–Trinajstić information content (AvgIpc) is 2.15. The Labute approximate surface area is 91.5 Å². The first-order valence-corrected chi connectivity index (χ1v) is 5.08. The lowest BCUT2D eigenvalue weighted by Gasteiger charge is -2.10. The first kappa shape index (κ1) is 16.8. The minimum atomic E-state index is -0.931. The Kier molecular flexibility index (Phi) is 9.66. The highest BCUT2D eigenvalue weighted by Crippen LogP contribution is 1.96. The first-order valence-electron chi connectivity index (χ1n) is 5.08. The second-order valence-electron chi connectivity index (χ2n) is 4.20. The molecule has 0 saturated heterocycles. The van der Waals surface area contributed by atoms with Gasteiger partial charge in [-0.25, -0.2) is 0 Å². The van der Waals surface area contributed by atoms with Crippen molar-refractivity contribution >= 4 is 5.97 Å². The van der Waals surface area contributed by atoms with Crippen LogP contribution in [0.1, 0.15) is 27.7 Å². The van der Waals surface area contributed by atoms with E-state index in [-0.39, 0.29) is 18.6 Å². The highest BCUT2D eigenvalue weighted by Gasteiger charge is 2.14. The van der Waals surface area contributed by atoms with Crippen LogP contribution in [-0.2, 0) is 4.79 Å². The molecule has 0 aliphatic rings. The number of nitrogens with two attached hydrogens (primary N) is 2. The van der Waals surface area contributed by atoms with E-state index in [9.17, 15) is 4.79 Å². The summed E-state index contributed by atoms with van der Waals surface area (Å²) in [6.07, 6.45) is 0. The fraction of sp³-hybridized carbons (Fsp3) is 0.900. The topological polar surface area (TPSA) is 110 Å². The van der Waals surface area contributed by atoms with E-state index in [2.05, 4.69) is 0 Å². The van der Waals surface area contributed by atoms with Gasteiger partial charge in [0.05, 0.1) is 6.61 Å². The molecule has 2 atom stereocenters. The predicted octanol–water partition coefficient (Wildman–Crippen LogP) is 0.0163. The summed E-state index contributed by atoms with van der Waals surface area (Å²) < 4.78 is 0. The largest absolute Gasteiger partial charge is 0.480 e. The van der Waals surface area contributed by atoms with Crippen molar-refractivity contribution in [3.63, 3.8) is 0 Å². The Morgan fingerprint density at radius 2 is 1.53 bits per heavy atom. The van der Waals surface area contributed by atoms with E-state index in [4.69, 9.17) is 21.7 Å². The van der Waals surface area contributed by atoms with Gasteiger partial charge >= 0.3 is 5.97 Å². The van der Waals surface area contributed by atoms with Crippen LogP contribution < -0.4 is 11.5 Å². The molecule has 0 unspecified atom stereocenters. The fourth-order valence-corrected chi connectivity index (χ4v) is 0.496. The lowest BCUT2D eigenvalue weighted by molar-refractivity contribution is -0.139. The van der Waals surface area contributed by atoms with Crippen molar-refractivity contribution in [2.24, 2.45) is 23.3 Å². The average molecular weight is 220 g/mol. The summed E-state index contributed by atoms with van der Waals surface area (Å²) in [7, 11) is 0. The van der Waals surface area contributed by atoms with Crippen LogP contribution in [0.3, 0.4) is 0 Å². The number of aliphatic carboxylic acids is 1. The highest BCUT2D eigenvalue weighted by atomic mass is 16.4. The van der Waals surface area contributed by atoms with E-state index in [1.807, 2.05) is 13.8 Å². The van der Waals surface area contributed by atoms with E-state index in [1.54, 1.807) is 13.8 Å². The number of aliphatic hydroxyl groups excluding tert-OH is 1. The van der Waals surface area contributed by atoms with Gasteiger partial charge in [0.2, 0.25) is 0 Å². The Bertz CT molecular complexity index is 172. The summed E-state index contributed by atoms with van der Waals surface area (Å²) in [6.45, 7) is 7.62. The van der Waals surface area contributed by atoms with Gasteiger partial charge in [0.25, 0.3) is 0 Å². The monoisotopic (exact) mass is 220 g/mol. The number of hydrogen-bond acceptors (Lipinski definition) is 4. The van der Waals surface area contributed by atoms with Crippen LogP contribution in [0, 0.1) is 11.8 Å². The van der Waals surface area contributed by atoms with E-state index in [0.29, 0.717) is 5.92 Å². The van der Waals surface area contributed by atoms with Crippen molar-refractivity contribution in [1.82, 2.24) is 0 Å². The number of carboxylic acids is 1.